The second kappa shape index (κ2) is 4.73. The van der Waals surface area contributed by atoms with Crippen molar-refractivity contribution in [3.63, 3.8) is 0 Å². The number of nitrogens with one attached hydrogen (secondary N) is 1. The second-order valence-corrected chi connectivity index (χ2v) is 7.56. The fourth-order valence-corrected chi connectivity index (χ4v) is 4.25. The molecule has 17 heavy (non-hydrogen) atoms. The third-order valence-corrected chi connectivity index (χ3v) is 4.59. The van der Waals surface area contributed by atoms with Crippen LogP contribution in [0.3, 0.4) is 0 Å². The molecule has 0 aromatic heterocycles. The molecule has 1 aromatic rings. The monoisotopic (exact) mass is 279 g/mol. The lowest BCUT2D eigenvalue weighted by atomic mass is 10.2. The van der Waals surface area contributed by atoms with Crippen molar-refractivity contribution in [2.45, 2.75) is 16.3 Å². The van der Waals surface area contributed by atoms with Crippen molar-refractivity contribution < 1.29 is 22.0 Å². The van der Waals surface area contributed by atoms with Gasteiger partial charge in [0.1, 0.15) is 0 Å². The first-order valence-electron chi connectivity index (χ1n) is 4.57. The molecule has 0 spiro atoms. The van der Waals surface area contributed by atoms with E-state index in [4.69, 9.17) is 5.21 Å². The van der Waals surface area contributed by atoms with Gasteiger partial charge in [-0.15, -0.1) is 0 Å². The first kappa shape index (κ1) is 14.1. The molecule has 0 aliphatic rings. The molecule has 1 rings (SSSR count). The van der Waals surface area contributed by atoms with Gasteiger partial charge in [0.2, 0.25) is 0 Å². The molecule has 0 saturated carbocycles. The molecule has 0 radical (unpaired) electrons. The molecule has 2 N–H and O–H groups in total. The molecule has 96 valence electrons. The first-order valence-corrected chi connectivity index (χ1v) is 8.35. The zero-order chi connectivity index (χ0) is 13.3. The molecular formula is C9H13NO5S2. The standard InChI is InChI=1S/C9H13NO5S2/c1-16(12,13)8-5-3-4-7(6-10-11)9(8)17(2,14)15/h3-5,10-11H,6H2,1-2H3. The SMILES string of the molecule is CS(=O)(=O)c1cccc(CNO)c1S(C)(=O)=O. The van der Waals surface area contributed by atoms with Gasteiger partial charge in [0.05, 0.1) is 9.79 Å². The summed E-state index contributed by atoms with van der Waals surface area (Å²) in [5.74, 6) is 0. The Bertz CT molecular complexity index is 619. The molecule has 0 atom stereocenters. The van der Waals surface area contributed by atoms with E-state index in [1.807, 2.05) is 5.48 Å². The minimum absolute atomic E-state index is 0.147. The molecule has 0 bridgehead atoms. The van der Waals surface area contributed by atoms with Gasteiger partial charge in [0.15, 0.2) is 19.7 Å². The maximum absolute atomic E-state index is 11.6. The molecule has 0 saturated heterocycles. The fraction of sp³-hybridized carbons (Fsp3) is 0.333. The van der Waals surface area contributed by atoms with Crippen LogP contribution in [0.4, 0.5) is 0 Å². The lowest BCUT2D eigenvalue weighted by Crippen LogP contribution is -2.15. The van der Waals surface area contributed by atoms with Gasteiger partial charge < -0.3 is 5.21 Å². The summed E-state index contributed by atoms with van der Waals surface area (Å²) in [4.78, 5) is -0.531. The van der Waals surface area contributed by atoms with E-state index in [2.05, 4.69) is 0 Å². The van der Waals surface area contributed by atoms with Gasteiger partial charge in [0.25, 0.3) is 0 Å². The number of benzene rings is 1. The maximum Gasteiger partial charge on any atom is 0.177 e. The highest BCUT2D eigenvalue weighted by molar-refractivity contribution is 7.93. The van der Waals surface area contributed by atoms with Gasteiger partial charge in [-0.3, -0.25) is 0 Å². The van der Waals surface area contributed by atoms with Crippen LogP contribution in [0, 0.1) is 0 Å². The van der Waals surface area contributed by atoms with E-state index in [1.54, 1.807) is 0 Å². The third kappa shape index (κ3) is 3.25. The van der Waals surface area contributed by atoms with E-state index >= 15 is 0 Å². The number of hydroxylamine groups is 1. The van der Waals surface area contributed by atoms with Gasteiger partial charge in [0, 0.05) is 19.1 Å². The number of hydrogen-bond acceptors (Lipinski definition) is 6. The molecule has 0 heterocycles. The second-order valence-electron chi connectivity index (χ2n) is 3.62. The predicted octanol–water partition coefficient (Wildman–Crippen LogP) is -0.0276. The normalized spacial score (nSPS) is 12.6. The van der Waals surface area contributed by atoms with Crippen molar-refractivity contribution in [3.05, 3.63) is 23.8 Å². The van der Waals surface area contributed by atoms with Crippen molar-refractivity contribution in [3.8, 4) is 0 Å². The average Bonchev–Trinajstić information content (AvgIpc) is 2.14. The summed E-state index contributed by atoms with van der Waals surface area (Å²) < 4.78 is 46.3. The molecular weight excluding hydrogens is 266 g/mol. The van der Waals surface area contributed by atoms with Gasteiger partial charge in [-0.2, -0.15) is 0 Å². The van der Waals surface area contributed by atoms with Crippen LogP contribution in [0.5, 0.6) is 0 Å². The van der Waals surface area contributed by atoms with E-state index < -0.39 is 19.7 Å². The zero-order valence-electron chi connectivity index (χ0n) is 9.34. The molecule has 1 aromatic carbocycles. The predicted molar refractivity (Wildman–Crippen MR) is 61.3 cm³/mol. The minimum Gasteiger partial charge on any atom is -0.316 e. The summed E-state index contributed by atoms with van der Waals surface area (Å²) in [7, 11) is -7.35. The molecule has 0 amide bonds. The molecule has 0 unspecified atom stereocenters. The van der Waals surface area contributed by atoms with E-state index in [1.165, 1.54) is 18.2 Å². The van der Waals surface area contributed by atoms with Gasteiger partial charge in [-0.05, 0) is 11.6 Å². The highest BCUT2D eigenvalue weighted by Gasteiger charge is 2.23. The Hall–Kier alpha value is -0.960. The maximum atomic E-state index is 11.6. The van der Waals surface area contributed by atoms with Crippen LogP contribution in [0.2, 0.25) is 0 Å². The molecule has 0 fully saturated rings. The summed E-state index contributed by atoms with van der Waals surface area (Å²) in [5.41, 5.74) is 2.02. The largest absolute Gasteiger partial charge is 0.316 e. The molecule has 6 nitrogen and oxygen atoms in total. The third-order valence-electron chi connectivity index (χ3n) is 2.10. The molecule has 0 aliphatic heterocycles. The summed E-state index contributed by atoms with van der Waals surface area (Å²) in [6, 6.07) is 4.10. The highest BCUT2D eigenvalue weighted by Crippen LogP contribution is 2.24. The van der Waals surface area contributed by atoms with Gasteiger partial charge in [-0.25, -0.2) is 22.3 Å². The smallest absolute Gasteiger partial charge is 0.177 e. The Morgan fingerprint density at radius 1 is 1.12 bits per heavy atom. The number of hydrogen-bond donors (Lipinski definition) is 2. The number of sulfone groups is 2. The van der Waals surface area contributed by atoms with Crippen molar-refractivity contribution in [2.75, 3.05) is 12.5 Å². The Morgan fingerprint density at radius 2 is 1.71 bits per heavy atom. The van der Waals surface area contributed by atoms with Crippen LogP contribution < -0.4 is 5.48 Å². The quantitative estimate of drug-likeness (QED) is 0.751. The topological polar surface area (TPSA) is 101 Å². The average molecular weight is 279 g/mol. The van der Waals surface area contributed by atoms with Crippen LogP contribution in [0.25, 0.3) is 0 Å². The number of rotatable bonds is 4. The summed E-state index contributed by atoms with van der Waals surface area (Å²) in [5, 5.41) is 8.61. The Balaban J connectivity index is 3.70. The van der Waals surface area contributed by atoms with E-state index in [-0.39, 0.29) is 21.9 Å². The Labute approximate surface area is 100 Å². The van der Waals surface area contributed by atoms with Crippen LogP contribution in [0.1, 0.15) is 5.56 Å². The van der Waals surface area contributed by atoms with Crippen molar-refractivity contribution in [2.24, 2.45) is 0 Å². The van der Waals surface area contributed by atoms with Crippen LogP contribution in [-0.4, -0.2) is 34.6 Å². The van der Waals surface area contributed by atoms with Crippen molar-refractivity contribution in [1.82, 2.24) is 5.48 Å². The fourth-order valence-electron chi connectivity index (χ4n) is 1.50. The molecule has 8 heteroatoms. The Kier molecular flexibility index (Phi) is 3.92. The van der Waals surface area contributed by atoms with E-state index in [9.17, 15) is 16.8 Å². The van der Waals surface area contributed by atoms with Gasteiger partial charge in [-0.1, -0.05) is 12.1 Å². The molecule has 0 aliphatic carbocycles. The van der Waals surface area contributed by atoms with Gasteiger partial charge >= 0.3 is 0 Å². The summed E-state index contributed by atoms with van der Waals surface area (Å²) in [6.45, 7) is -0.147. The Morgan fingerprint density at radius 3 is 2.12 bits per heavy atom. The van der Waals surface area contributed by atoms with Crippen LogP contribution in [-0.2, 0) is 26.2 Å². The van der Waals surface area contributed by atoms with Crippen molar-refractivity contribution >= 4 is 19.7 Å². The van der Waals surface area contributed by atoms with Crippen LogP contribution in [0.15, 0.2) is 28.0 Å². The lowest BCUT2D eigenvalue weighted by Gasteiger charge is -2.11. The lowest BCUT2D eigenvalue weighted by molar-refractivity contribution is 0.160. The first-order chi connectivity index (χ1) is 7.68. The highest BCUT2D eigenvalue weighted by atomic mass is 32.2. The van der Waals surface area contributed by atoms with E-state index in [0.29, 0.717) is 0 Å². The van der Waals surface area contributed by atoms with Crippen molar-refractivity contribution in [1.29, 1.82) is 0 Å². The summed E-state index contributed by atoms with van der Waals surface area (Å²) >= 11 is 0. The van der Waals surface area contributed by atoms with Crippen LogP contribution >= 0.6 is 0 Å². The summed E-state index contributed by atoms with van der Waals surface area (Å²) in [6.07, 6.45) is 1.87. The zero-order valence-corrected chi connectivity index (χ0v) is 11.0. The van der Waals surface area contributed by atoms with E-state index in [0.717, 1.165) is 12.5 Å². The minimum atomic E-state index is -3.70.